The van der Waals surface area contributed by atoms with E-state index in [4.69, 9.17) is 4.74 Å². The van der Waals surface area contributed by atoms with E-state index in [1.54, 1.807) is 24.3 Å². The summed E-state index contributed by atoms with van der Waals surface area (Å²) in [6.45, 7) is 5.16. The molecule has 1 aromatic carbocycles. The van der Waals surface area contributed by atoms with Gasteiger partial charge in [-0.2, -0.15) is 0 Å². The van der Waals surface area contributed by atoms with Gasteiger partial charge in [-0.1, -0.05) is 24.3 Å². The summed E-state index contributed by atoms with van der Waals surface area (Å²) in [6, 6.07) is 6.99. The lowest BCUT2D eigenvalue weighted by Gasteiger charge is -2.22. The predicted molar refractivity (Wildman–Crippen MR) is 78.3 cm³/mol. The van der Waals surface area contributed by atoms with Gasteiger partial charge >= 0.3 is 0 Å². The van der Waals surface area contributed by atoms with Gasteiger partial charge in [0.15, 0.2) is 11.6 Å². The van der Waals surface area contributed by atoms with Crippen LogP contribution in [0.5, 0.6) is 0 Å². The smallest absolute Gasteiger partial charge is 0.179 e. The second-order valence-corrected chi connectivity index (χ2v) is 5.42. The minimum atomic E-state index is -0.720. The number of hydrogen-bond acceptors (Lipinski definition) is 4. The molecule has 0 unspecified atom stereocenters. The molecule has 2 aliphatic rings. The van der Waals surface area contributed by atoms with Crippen molar-refractivity contribution < 1.29 is 19.2 Å². The van der Waals surface area contributed by atoms with E-state index in [0.717, 1.165) is 32.8 Å². The third-order valence-corrected chi connectivity index (χ3v) is 4.07. The molecule has 0 radical (unpaired) electrons. The summed E-state index contributed by atoms with van der Waals surface area (Å²) in [7, 11) is 0. The fourth-order valence-electron chi connectivity index (χ4n) is 2.82. The maximum absolute atomic E-state index is 12.2. The van der Waals surface area contributed by atoms with Gasteiger partial charge in [0.25, 0.3) is 0 Å². The first kappa shape index (κ1) is 14.1. The van der Waals surface area contributed by atoms with Gasteiger partial charge < -0.3 is 9.64 Å². The van der Waals surface area contributed by atoms with E-state index in [2.05, 4.69) is 4.99 Å². The van der Waals surface area contributed by atoms with Crippen molar-refractivity contribution >= 4 is 17.8 Å². The monoisotopic (exact) mass is 287 g/mol. The molecule has 0 aromatic heterocycles. The number of quaternary nitrogens is 1. The molecule has 0 atom stereocenters. The van der Waals surface area contributed by atoms with Gasteiger partial charge in [0.05, 0.1) is 26.3 Å². The number of Topliss-reactive ketones (excluding diaryl/α,β-unsaturated/α-hetero) is 2. The predicted octanol–water partition coefficient (Wildman–Crippen LogP) is -0.332. The molecule has 110 valence electrons. The second-order valence-electron chi connectivity index (χ2n) is 5.42. The van der Waals surface area contributed by atoms with Crippen molar-refractivity contribution in [1.82, 2.24) is 0 Å². The summed E-state index contributed by atoms with van der Waals surface area (Å²) < 4.78 is 5.30. The number of nitrogens with zero attached hydrogens (tertiary/aromatic N) is 1. The molecule has 0 bridgehead atoms. The molecule has 1 aliphatic carbocycles. The Morgan fingerprint density at radius 2 is 1.76 bits per heavy atom. The Balaban J connectivity index is 1.57. The SMILES string of the molecule is O=C1c2ccccc2C(=O)C1C=NCC[NH+]1CCOCC1. The molecule has 1 aliphatic heterocycles. The highest BCUT2D eigenvalue weighted by atomic mass is 16.5. The Hall–Kier alpha value is -1.85. The third kappa shape index (κ3) is 2.94. The molecule has 3 rings (SSSR count). The first-order valence-electron chi connectivity index (χ1n) is 7.36. The Morgan fingerprint density at radius 1 is 1.14 bits per heavy atom. The van der Waals surface area contributed by atoms with Crippen molar-refractivity contribution in [3.8, 4) is 0 Å². The standard InChI is InChI=1S/C16H18N2O3/c19-15-12-3-1-2-4-13(12)16(20)14(15)11-17-5-6-18-7-9-21-10-8-18/h1-4,11,14H,5-10H2/p+1. The van der Waals surface area contributed by atoms with E-state index >= 15 is 0 Å². The Labute approximate surface area is 123 Å². The van der Waals surface area contributed by atoms with E-state index in [1.165, 1.54) is 11.1 Å². The Bertz CT molecular complexity index is 542. The Kier molecular flexibility index (Phi) is 4.22. The summed E-state index contributed by atoms with van der Waals surface area (Å²) in [5, 5.41) is 0. The zero-order valence-corrected chi connectivity index (χ0v) is 11.9. The van der Waals surface area contributed by atoms with Gasteiger partial charge in [-0.25, -0.2) is 0 Å². The largest absolute Gasteiger partial charge is 0.370 e. The maximum atomic E-state index is 12.2. The van der Waals surface area contributed by atoms with Crippen LogP contribution in [-0.4, -0.2) is 57.2 Å². The van der Waals surface area contributed by atoms with Gasteiger partial charge in [0.2, 0.25) is 0 Å². The number of ether oxygens (including phenoxy) is 1. The summed E-state index contributed by atoms with van der Waals surface area (Å²) in [5.41, 5.74) is 1.05. The first-order chi connectivity index (χ1) is 10.3. The zero-order valence-electron chi connectivity index (χ0n) is 11.9. The normalized spacial score (nSPS) is 20.4. The summed E-state index contributed by atoms with van der Waals surface area (Å²) in [4.78, 5) is 30.1. The molecule has 21 heavy (non-hydrogen) atoms. The van der Waals surface area contributed by atoms with Crippen LogP contribution in [0, 0.1) is 5.92 Å². The lowest BCUT2D eigenvalue weighted by Crippen LogP contribution is -3.14. The van der Waals surface area contributed by atoms with Gasteiger partial charge in [0, 0.05) is 17.3 Å². The molecule has 0 saturated carbocycles. The molecular formula is C16H19N2O3+. The van der Waals surface area contributed by atoms with Crippen molar-refractivity contribution in [2.24, 2.45) is 10.9 Å². The highest BCUT2D eigenvalue weighted by molar-refractivity contribution is 6.33. The van der Waals surface area contributed by atoms with E-state index in [0.29, 0.717) is 17.7 Å². The van der Waals surface area contributed by atoms with Crippen molar-refractivity contribution in [2.45, 2.75) is 0 Å². The number of rotatable bonds is 4. The molecule has 1 aromatic rings. The fourth-order valence-corrected chi connectivity index (χ4v) is 2.82. The number of nitrogens with one attached hydrogen (secondary N) is 1. The molecule has 0 amide bonds. The summed E-state index contributed by atoms with van der Waals surface area (Å²) >= 11 is 0. The topological polar surface area (TPSA) is 60.2 Å². The second kappa shape index (κ2) is 6.28. The summed E-state index contributed by atoms with van der Waals surface area (Å²) in [5.74, 6) is -0.974. The lowest BCUT2D eigenvalue weighted by molar-refractivity contribution is -0.906. The van der Waals surface area contributed by atoms with Crippen LogP contribution in [0.4, 0.5) is 0 Å². The average molecular weight is 287 g/mol. The van der Waals surface area contributed by atoms with Crippen molar-refractivity contribution in [2.75, 3.05) is 39.4 Å². The number of ketones is 2. The number of hydrogen-bond donors (Lipinski definition) is 1. The van der Waals surface area contributed by atoms with Crippen molar-refractivity contribution in [3.05, 3.63) is 35.4 Å². The molecule has 1 N–H and O–H groups in total. The van der Waals surface area contributed by atoms with Crippen LogP contribution in [0.15, 0.2) is 29.3 Å². The maximum Gasteiger partial charge on any atom is 0.179 e. The van der Waals surface area contributed by atoms with Gasteiger partial charge in [0.1, 0.15) is 19.0 Å². The van der Waals surface area contributed by atoms with Crippen molar-refractivity contribution in [1.29, 1.82) is 0 Å². The zero-order chi connectivity index (χ0) is 14.7. The molecule has 1 saturated heterocycles. The number of aliphatic imine (C=N–C) groups is 1. The summed E-state index contributed by atoms with van der Waals surface area (Å²) in [6.07, 6.45) is 1.53. The molecule has 0 spiro atoms. The van der Waals surface area contributed by atoms with E-state index < -0.39 is 5.92 Å². The molecule has 5 heteroatoms. The number of carbonyl (C=O) groups excluding carboxylic acids is 2. The van der Waals surface area contributed by atoms with Crippen LogP contribution >= 0.6 is 0 Å². The van der Waals surface area contributed by atoms with Crippen LogP contribution < -0.4 is 4.90 Å². The number of fused-ring (bicyclic) bond motifs is 1. The first-order valence-corrected chi connectivity index (χ1v) is 7.36. The van der Waals surface area contributed by atoms with Crippen LogP contribution in [0.3, 0.4) is 0 Å². The number of morpholine rings is 1. The Morgan fingerprint density at radius 3 is 2.38 bits per heavy atom. The van der Waals surface area contributed by atoms with E-state index in [1.807, 2.05) is 0 Å². The fraction of sp³-hybridized carbons (Fsp3) is 0.438. The van der Waals surface area contributed by atoms with Crippen LogP contribution in [0.2, 0.25) is 0 Å². The van der Waals surface area contributed by atoms with Crippen LogP contribution in [-0.2, 0) is 4.74 Å². The number of benzene rings is 1. The van der Waals surface area contributed by atoms with Gasteiger partial charge in [-0.05, 0) is 0 Å². The highest BCUT2D eigenvalue weighted by Gasteiger charge is 2.36. The van der Waals surface area contributed by atoms with E-state index in [9.17, 15) is 9.59 Å². The van der Waals surface area contributed by atoms with Gasteiger partial charge in [-0.3, -0.25) is 14.6 Å². The molecule has 5 nitrogen and oxygen atoms in total. The van der Waals surface area contributed by atoms with Gasteiger partial charge in [-0.15, -0.1) is 0 Å². The quantitative estimate of drug-likeness (QED) is 0.609. The van der Waals surface area contributed by atoms with Crippen LogP contribution in [0.1, 0.15) is 20.7 Å². The molecule has 1 heterocycles. The van der Waals surface area contributed by atoms with Crippen LogP contribution in [0.25, 0.3) is 0 Å². The minimum Gasteiger partial charge on any atom is -0.370 e. The lowest BCUT2D eigenvalue weighted by atomic mass is 10.1. The third-order valence-electron chi connectivity index (χ3n) is 4.07. The molecular weight excluding hydrogens is 268 g/mol. The molecule has 1 fully saturated rings. The minimum absolute atomic E-state index is 0.127. The highest BCUT2D eigenvalue weighted by Crippen LogP contribution is 2.25. The van der Waals surface area contributed by atoms with E-state index in [-0.39, 0.29) is 11.6 Å². The average Bonchev–Trinajstić information content (AvgIpc) is 2.77. The van der Waals surface area contributed by atoms with Crippen molar-refractivity contribution in [3.63, 3.8) is 0 Å². The number of carbonyl (C=O) groups is 2.